The molecule has 0 radical (unpaired) electrons. The Bertz CT molecular complexity index is 629. The zero-order valence-corrected chi connectivity index (χ0v) is 8.67. The summed E-state index contributed by atoms with van der Waals surface area (Å²) in [4.78, 5) is 40.2. The second kappa shape index (κ2) is 2.33. The summed E-state index contributed by atoms with van der Waals surface area (Å²) in [5.41, 5.74) is -1.22. The molecule has 0 aromatic carbocycles. The molecule has 0 fully saturated rings. The highest BCUT2D eigenvalue weighted by molar-refractivity contribution is 6.06. The van der Waals surface area contributed by atoms with Crippen molar-refractivity contribution >= 4 is 21.6 Å². The minimum Gasteiger partial charge on any atom is -0.300 e. The molecule has 0 aliphatic carbocycles. The molecule has 0 aliphatic heterocycles. The van der Waals surface area contributed by atoms with Gasteiger partial charge in [0.15, 0.2) is 0 Å². The number of aromatic nitrogens is 4. The Labute approximate surface area is 72.9 Å². The van der Waals surface area contributed by atoms with Crippen LogP contribution < -0.4 is 16.9 Å². The molecule has 0 bridgehead atoms. The van der Waals surface area contributed by atoms with Gasteiger partial charge in [0.05, 0.1) is 0 Å². The van der Waals surface area contributed by atoms with Crippen molar-refractivity contribution in [3.63, 3.8) is 0 Å². The molecule has 0 saturated carbocycles. The number of rotatable bonds is 0. The Hall–Kier alpha value is -1.83. The maximum Gasteiger partial charge on any atom is 0.325 e. The molecule has 8 heteroatoms. The van der Waals surface area contributed by atoms with Crippen molar-refractivity contribution in [2.75, 3.05) is 0 Å². The molecule has 2 rings (SSSR count). The lowest BCUT2D eigenvalue weighted by Gasteiger charge is -1.93. The lowest BCUT2D eigenvalue weighted by atomic mass is 10.5. The maximum atomic E-state index is 11.3. The van der Waals surface area contributed by atoms with E-state index in [0.29, 0.717) is 0 Å². The molecular formula is C5H6N4O3Si. The summed E-state index contributed by atoms with van der Waals surface area (Å²) in [6.07, 6.45) is 0. The third-order valence-electron chi connectivity index (χ3n) is 1.78. The average Bonchev–Trinajstić information content (AvgIpc) is 2.42. The average molecular weight is 198 g/mol. The molecule has 13 heavy (non-hydrogen) atoms. The summed E-state index contributed by atoms with van der Waals surface area (Å²) in [5.74, 6) is 0. The highest BCUT2D eigenvalue weighted by Gasteiger charge is 2.05. The van der Waals surface area contributed by atoms with Crippen molar-refractivity contribution in [1.82, 2.24) is 19.2 Å². The second-order valence-corrected chi connectivity index (χ2v) is 3.52. The van der Waals surface area contributed by atoms with E-state index >= 15 is 0 Å². The van der Waals surface area contributed by atoms with Crippen LogP contribution >= 0.6 is 0 Å². The fourth-order valence-electron chi connectivity index (χ4n) is 1.09. The molecule has 0 amide bonds. The highest BCUT2D eigenvalue weighted by atomic mass is 28.2. The van der Waals surface area contributed by atoms with E-state index in [2.05, 4.69) is 15.0 Å². The maximum absolute atomic E-state index is 11.3. The molecule has 2 aromatic rings. The highest BCUT2D eigenvalue weighted by Crippen LogP contribution is 1.89. The van der Waals surface area contributed by atoms with Crippen LogP contribution in [-0.2, 0) is 0 Å². The van der Waals surface area contributed by atoms with Gasteiger partial charge in [-0.3, -0.25) is 24.0 Å². The van der Waals surface area contributed by atoms with E-state index in [-0.39, 0.29) is 21.6 Å². The Morgan fingerprint density at radius 2 is 1.77 bits per heavy atom. The minimum atomic E-state index is -0.504. The van der Waals surface area contributed by atoms with E-state index < -0.39 is 16.9 Å². The molecule has 0 unspecified atom stereocenters. The van der Waals surface area contributed by atoms with Gasteiger partial charge >= 0.3 is 11.4 Å². The lowest BCUT2D eigenvalue weighted by Crippen LogP contribution is -2.33. The summed E-state index contributed by atoms with van der Waals surface area (Å²) in [5, 5.41) is 0. The van der Waals surface area contributed by atoms with Crippen LogP contribution in [0.3, 0.4) is 0 Å². The summed E-state index contributed by atoms with van der Waals surface area (Å²) in [7, 11) is 0.282. The van der Waals surface area contributed by atoms with E-state index in [9.17, 15) is 14.4 Å². The Morgan fingerprint density at radius 3 is 2.46 bits per heavy atom. The lowest BCUT2D eigenvalue weighted by molar-refractivity contribution is 0.992. The summed E-state index contributed by atoms with van der Waals surface area (Å²) in [6, 6.07) is 0. The van der Waals surface area contributed by atoms with Gasteiger partial charge in [0.25, 0.3) is 5.56 Å². The Morgan fingerprint density at radius 1 is 1.08 bits per heavy atom. The number of H-pyrrole nitrogens is 3. The molecule has 68 valence electrons. The van der Waals surface area contributed by atoms with Crippen LogP contribution in [0.25, 0.3) is 11.2 Å². The van der Waals surface area contributed by atoms with Crippen molar-refractivity contribution in [3.8, 4) is 0 Å². The first-order valence-corrected chi connectivity index (χ1v) is 4.40. The fraction of sp³-hybridized carbons (Fsp3) is 0. The predicted molar refractivity (Wildman–Crippen MR) is 49.1 cm³/mol. The van der Waals surface area contributed by atoms with Crippen molar-refractivity contribution in [1.29, 1.82) is 0 Å². The molecule has 2 aromatic heterocycles. The third kappa shape index (κ3) is 0.990. The third-order valence-corrected chi connectivity index (χ3v) is 2.59. The smallest absolute Gasteiger partial charge is 0.300 e. The van der Waals surface area contributed by atoms with Gasteiger partial charge in [-0.2, -0.15) is 0 Å². The van der Waals surface area contributed by atoms with Gasteiger partial charge in [-0.05, 0) is 0 Å². The minimum absolute atomic E-state index is 0.111. The summed E-state index contributed by atoms with van der Waals surface area (Å²) >= 11 is 0. The van der Waals surface area contributed by atoms with Gasteiger partial charge in [0.1, 0.15) is 21.6 Å². The zero-order chi connectivity index (χ0) is 9.59. The first-order valence-electron chi connectivity index (χ1n) is 3.51. The van der Waals surface area contributed by atoms with Gasteiger partial charge < -0.3 is 0 Å². The topological polar surface area (TPSA) is 104 Å². The number of imidazole rings is 1. The van der Waals surface area contributed by atoms with Crippen LogP contribution in [0, 0.1) is 0 Å². The first kappa shape index (κ1) is 7.80. The predicted octanol–water partition coefficient (Wildman–Crippen LogP) is -3.17. The first-order chi connectivity index (χ1) is 6.09. The van der Waals surface area contributed by atoms with Crippen LogP contribution in [-0.4, -0.2) is 29.6 Å². The standard InChI is InChI=1S/C5H6N4O3Si/c10-3-1-2(7-4(11)6-1)8-5(12)9(3)13/h13H3,(H,8,12)(H2,6,7,11). The summed E-state index contributed by atoms with van der Waals surface area (Å²) < 4.78 is 1.02. The van der Waals surface area contributed by atoms with Gasteiger partial charge in [-0.25, -0.2) is 9.59 Å². The Kier molecular flexibility index (Phi) is 1.39. The normalized spacial score (nSPS) is 11.1. The van der Waals surface area contributed by atoms with E-state index in [1.807, 2.05) is 0 Å². The number of hydrogen-bond donors (Lipinski definition) is 3. The van der Waals surface area contributed by atoms with Crippen molar-refractivity contribution in [2.45, 2.75) is 0 Å². The van der Waals surface area contributed by atoms with Crippen LogP contribution in [0.15, 0.2) is 14.4 Å². The number of nitrogens with one attached hydrogen (secondary N) is 3. The van der Waals surface area contributed by atoms with Crippen molar-refractivity contribution in [3.05, 3.63) is 31.3 Å². The molecule has 0 atom stereocenters. The van der Waals surface area contributed by atoms with Gasteiger partial charge in [0, 0.05) is 0 Å². The number of hydrogen-bond acceptors (Lipinski definition) is 3. The fourth-order valence-corrected chi connectivity index (χ4v) is 1.42. The molecule has 3 N–H and O–H groups in total. The molecule has 2 heterocycles. The van der Waals surface area contributed by atoms with Gasteiger partial charge in [0.2, 0.25) is 0 Å². The van der Waals surface area contributed by atoms with Gasteiger partial charge in [-0.15, -0.1) is 0 Å². The number of fused-ring (bicyclic) bond motifs is 1. The molecule has 0 saturated heterocycles. The number of aromatic amines is 3. The zero-order valence-electron chi connectivity index (χ0n) is 6.67. The van der Waals surface area contributed by atoms with Crippen molar-refractivity contribution in [2.24, 2.45) is 0 Å². The second-order valence-electron chi connectivity index (χ2n) is 2.62. The quantitative estimate of drug-likeness (QED) is 0.389. The van der Waals surface area contributed by atoms with E-state index in [1.54, 1.807) is 0 Å². The van der Waals surface area contributed by atoms with Crippen LogP contribution in [0.4, 0.5) is 0 Å². The van der Waals surface area contributed by atoms with Crippen LogP contribution in [0.2, 0.25) is 0 Å². The summed E-state index contributed by atoms with van der Waals surface area (Å²) in [6.45, 7) is 0. The molecule has 7 nitrogen and oxygen atoms in total. The molecular weight excluding hydrogens is 192 g/mol. The van der Waals surface area contributed by atoms with Crippen molar-refractivity contribution < 1.29 is 0 Å². The SMILES string of the molecule is O=c1[nH]c2[nH]c(=O)n([SiH3])c(=O)c2[nH]1. The largest absolute Gasteiger partial charge is 0.325 e. The van der Waals surface area contributed by atoms with E-state index in [4.69, 9.17) is 0 Å². The van der Waals surface area contributed by atoms with Crippen LogP contribution in [0.1, 0.15) is 0 Å². The van der Waals surface area contributed by atoms with E-state index in [0.717, 1.165) is 4.23 Å². The molecule has 0 aliphatic rings. The Balaban J connectivity index is 3.19. The van der Waals surface area contributed by atoms with E-state index in [1.165, 1.54) is 0 Å². The number of nitrogens with zero attached hydrogens (tertiary/aromatic N) is 1. The van der Waals surface area contributed by atoms with Crippen LogP contribution in [0.5, 0.6) is 0 Å². The van der Waals surface area contributed by atoms with Gasteiger partial charge in [-0.1, -0.05) is 0 Å². The monoisotopic (exact) mass is 198 g/mol. The molecule has 0 spiro atoms.